The van der Waals surface area contributed by atoms with Gasteiger partial charge in [-0.25, -0.2) is 4.79 Å². The molecule has 0 radical (unpaired) electrons. The van der Waals surface area contributed by atoms with Gasteiger partial charge in [-0.15, -0.1) is 0 Å². The van der Waals surface area contributed by atoms with Crippen LogP contribution < -0.4 is 5.32 Å². The molecule has 0 aromatic rings. The van der Waals surface area contributed by atoms with Crippen LogP contribution in [0.4, 0.5) is 0 Å². The van der Waals surface area contributed by atoms with Gasteiger partial charge in [0, 0.05) is 0 Å². The van der Waals surface area contributed by atoms with Gasteiger partial charge in [-0.2, -0.15) is 0 Å². The Bertz CT molecular complexity index is 285. The number of methoxy groups -OCH3 is 1. The Morgan fingerprint density at radius 3 is 2.54 bits per heavy atom. The lowest BCUT2D eigenvalue weighted by Crippen LogP contribution is -2.47. The molecule has 1 heterocycles. The number of carbonyl (C=O) groups excluding carboxylic acids is 2. The third-order valence-electron chi connectivity index (χ3n) is 2.53. The molecule has 1 saturated heterocycles. The van der Waals surface area contributed by atoms with Crippen LogP contribution in [0.15, 0.2) is 12.2 Å². The second-order valence-electron chi connectivity index (χ2n) is 3.35. The normalized spacial score (nSPS) is 33.0. The van der Waals surface area contributed by atoms with Crippen LogP contribution in [0.3, 0.4) is 0 Å². The highest BCUT2D eigenvalue weighted by molar-refractivity contribution is 5.98. The van der Waals surface area contributed by atoms with Crippen LogP contribution in [0.1, 0.15) is 13.8 Å². The summed E-state index contributed by atoms with van der Waals surface area (Å²) < 4.78 is 4.59. The third-order valence-corrected chi connectivity index (χ3v) is 2.53. The van der Waals surface area contributed by atoms with E-state index in [2.05, 4.69) is 16.6 Å². The molecule has 0 spiro atoms. The zero-order valence-electron chi connectivity index (χ0n) is 8.01. The lowest BCUT2D eigenvalue weighted by molar-refractivity contribution is -0.146. The number of nitrogens with one attached hydrogen (secondary N) is 1. The minimum Gasteiger partial charge on any atom is -0.467 e. The van der Waals surface area contributed by atoms with Gasteiger partial charge in [0.25, 0.3) is 0 Å². The van der Waals surface area contributed by atoms with Crippen molar-refractivity contribution < 1.29 is 14.3 Å². The first-order valence-corrected chi connectivity index (χ1v) is 4.03. The second kappa shape index (κ2) is 2.87. The van der Waals surface area contributed by atoms with E-state index in [1.165, 1.54) is 7.11 Å². The van der Waals surface area contributed by atoms with E-state index < -0.39 is 11.5 Å². The summed E-state index contributed by atoms with van der Waals surface area (Å²) in [6.07, 6.45) is 0. The molecule has 0 saturated carbocycles. The highest BCUT2D eigenvalue weighted by Gasteiger charge is 2.48. The Hall–Kier alpha value is -1.32. The number of ether oxygens (including phenoxy) is 1. The van der Waals surface area contributed by atoms with E-state index in [-0.39, 0.29) is 11.8 Å². The molecule has 0 aliphatic carbocycles. The summed E-state index contributed by atoms with van der Waals surface area (Å²) in [7, 11) is 1.29. The fourth-order valence-corrected chi connectivity index (χ4v) is 1.41. The van der Waals surface area contributed by atoms with Gasteiger partial charge in [0.1, 0.15) is 0 Å². The van der Waals surface area contributed by atoms with E-state index in [0.717, 1.165) is 0 Å². The molecule has 2 unspecified atom stereocenters. The fourth-order valence-electron chi connectivity index (χ4n) is 1.41. The molecule has 13 heavy (non-hydrogen) atoms. The summed E-state index contributed by atoms with van der Waals surface area (Å²) in [6.45, 7) is 7.04. The standard InChI is InChI=1S/C9H13NO3/c1-5-6(2)9(3,8(12)13-4)10-7(5)11/h5H,2H2,1,3-4H3,(H,10,11). The average molecular weight is 183 g/mol. The first kappa shape index (κ1) is 9.77. The Labute approximate surface area is 76.9 Å². The summed E-state index contributed by atoms with van der Waals surface area (Å²) in [4.78, 5) is 22.6. The van der Waals surface area contributed by atoms with Crippen LogP contribution in [0.25, 0.3) is 0 Å². The van der Waals surface area contributed by atoms with Gasteiger partial charge in [-0.3, -0.25) is 4.79 Å². The molecule has 1 N–H and O–H groups in total. The Morgan fingerprint density at radius 1 is 1.69 bits per heavy atom. The van der Waals surface area contributed by atoms with E-state index in [9.17, 15) is 9.59 Å². The van der Waals surface area contributed by atoms with E-state index >= 15 is 0 Å². The predicted octanol–water partition coefficient (Wildman–Crippen LogP) is 0.240. The van der Waals surface area contributed by atoms with Crippen LogP contribution in [0.5, 0.6) is 0 Å². The van der Waals surface area contributed by atoms with E-state index in [1.807, 2.05) is 0 Å². The SMILES string of the molecule is C=C1C(C)C(=O)NC1(C)C(=O)OC. The molecular weight excluding hydrogens is 170 g/mol. The molecule has 1 fully saturated rings. The number of carbonyl (C=O) groups is 2. The van der Waals surface area contributed by atoms with Crippen LogP contribution in [-0.4, -0.2) is 24.5 Å². The number of rotatable bonds is 1. The van der Waals surface area contributed by atoms with Gasteiger partial charge in [-0.1, -0.05) is 6.58 Å². The zero-order valence-corrected chi connectivity index (χ0v) is 8.01. The number of hydrogen-bond donors (Lipinski definition) is 1. The zero-order chi connectivity index (χ0) is 10.2. The van der Waals surface area contributed by atoms with Crippen LogP contribution in [0, 0.1) is 5.92 Å². The van der Waals surface area contributed by atoms with Crippen molar-refractivity contribution in [3.8, 4) is 0 Å². The Morgan fingerprint density at radius 2 is 2.23 bits per heavy atom. The van der Waals surface area contributed by atoms with Crippen molar-refractivity contribution in [1.82, 2.24) is 5.32 Å². The van der Waals surface area contributed by atoms with Crippen LogP contribution >= 0.6 is 0 Å². The quantitative estimate of drug-likeness (QED) is 0.468. The third kappa shape index (κ3) is 1.22. The Balaban J connectivity index is 3.01. The van der Waals surface area contributed by atoms with Crippen molar-refractivity contribution in [3.05, 3.63) is 12.2 Å². The largest absolute Gasteiger partial charge is 0.467 e. The average Bonchev–Trinajstić information content (AvgIpc) is 2.30. The first-order chi connectivity index (χ1) is 5.93. The summed E-state index contributed by atoms with van der Waals surface area (Å²) in [5, 5.41) is 2.57. The molecule has 0 aromatic heterocycles. The van der Waals surface area contributed by atoms with Crippen molar-refractivity contribution in [2.45, 2.75) is 19.4 Å². The molecular formula is C9H13NO3. The second-order valence-corrected chi connectivity index (χ2v) is 3.35. The maximum absolute atomic E-state index is 11.3. The van der Waals surface area contributed by atoms with Crippen molar-refractivity contribution >= 4 is 11.9 Å². The maximum Gasteiger partial charge on any atom is 0.335 e. The van der Waals surface area contributed by atoms with Crippen molar-refractivity contribution in [1.29, 1.82) is 0 Å². The topological polar surface area (TPSA) is 55.4 Å². The van der Waals surface area contributed by atoms with Gasteiger partial charge < -0.3 is 10.1 Å². The minimum atomic E-state index is -1.05. The van der Waals surface area contributed by atoms with Gasteiger partial charge in [-0.05, 0) is 19.4 Å². The molecule has 4 heteroatoms. The van der Waals surface area contributed by atoms with E-state index in [0.29, 0.717) is 5.57 Å². The maximum atomic E-state index is 11.3. The molecule has 0 bridgehead atoms. The molecule has 0 aromatic carbocycles. The molecule has 72 valence electrons. The van der Waals surface area contributed by atoms with Crippen LogP contribution in [-0.2, 0) is 14.3 Å². The fraction of sp³-hybridized carbons (Fsp3) is 0.556. The predicted molar refractivity (Wildman–Crippen MR) is 46.9 cm³/mol. The lowest BCUT2D eigenvalue weighted by Gasteiger charge is -2.22. The van der Waals surface area contributed by atoms with Gasteiger partial charge in [0.05, 0.1) is 13.0 Å². The van der Waals surface area contributed by atoms with Gasteiger partial charge >= 0.3 is 5.97 Å². The highest BCUT2D eigenvalue weighted by Crippen LogP contribution is 2.30. The first-order valence-electron chi connectivity index (χ1n) is 4.03. The summed E-state index contributed by atoms with van der Waals surface area (Å²) in [6, 6.07) is 0. The van der Waals surface area contributed by atoms with Crippen molar-refractivity contribution in [2.24, 2.45) is 5.92 Å². The summed E-state index contributed by atoms with van der Waals surface area (Å²) >= 11 is 0. The molecule has 1 aliphatic heterocycles. The van der Waals surface area contributed by atoms with E-state index in [1.54, 1.807) is 13.8 Å². The van der Waals surface area contributed by atoms with Crippen LogP contribution in [0.2, 0.25) is 0 Å². The number of amides is 1. The Kier molecular flexibility index (Phi) is 2.15. The van der Waals surface area contributed by atoms with Gasteiger partial charge in [0.2, 0.25) is 5.91 Å². The summed E-state index contributed by atoms with van der Waals surface area (Å²) in [5.74, 6) is -0.989. The van der Waals surface area contributed by atoms with Crippen molar-refractivity contribution in [2.75, 3.05) is 7.11 Å². The number of esters is 1. The van der Waals surface area contributed by atoms with Crippen molar-refractivity contribution in [3.63, 3.8) is 0 Å². The molecule has 1 aliphatic rings. The molecule has 1 rings (SSSR count). The lowest BCUT2D eigenvalue weighted by atomic mass is 9.90. The molecule has 2 atom stereocenters. The molecule has 4 nitrogen and oxygen atoms in total. The van der Waals surface area contributed by atoms with E-state index in [4.69, 9.17) is 0 Å². The molecule has 1 amide bonds. The summed E-state index contributed by atoms with van der Waals surface area (Å²) in [5.41, 5.74) is -0.491. The smallest absolute Gasteiger partial charge is 0.335 e. The highest BCUT2D eigenvalue weighted by atomic mass is 16.5. The van der Waals surface area contributed by atoms with Gasteiger partial charge in [0.15, 0.2) is 5.54 Å². The minimum absolute atomic E-state index is 0.182. The number of hydrogen-bond acceptors (Lipinski definition) is 3. The monoisotopic (exact) mass is 183 g/mol.